The number of rotatable bonds is 2. The topological polar surface area (TPSA) is 54.7 Å². The molecule has 2 aromatic carbocycles. The van der Waals surface area contributed by atoms with Gasteiger partial charge in [0.2, 0.25) is 0 Å². The highest BCUT2D eigenvalue weighted by Crippen LogP contribution is 2.38. The number of nitrogens with two attached hydrogens (primary N) is 1. The summed E-state index contributed by atoms with van der Waals surface area (Å²) in [6.07, 6.45) is 0. The molecule has 0 aliphatic rings. The lowest BCUT2D eigenvalue weighted by molar-refractivity contribution is 0.628. The number of anilines is 1. The average Bonchev–Trinajstić information content (AvgIpc) is 2.80. The number of aromatic nitrogens is 2. The molecule has 0 saturated carbocycles. The molecule has 0 amide bonds. The van der Waals surface area contributed by atoms with Crippen LogP contribution in [0.15, 0.2) is 46.9 Å². The van der Waals surface area contributed by atoms with Gasteiger partial charge in [-0.25, -0.2) is 4.39 Å². The zero-order chi connectivity index (χ0) is 15.0. The summed E-state index contributed by atoms with van der Waals surface area (Å²) >= 11 is 9.42. The fourth-order valence-electron chi connectivity index (χ4n) is 2.18. The Balaban J connectivity index is 2.22. The molecule has 0 fully saturated rings. The van der Waals surface area contributed by atoms with E-state index in [0.29, 0.717) is 27.7 Å². The van der Waals surface area contributed by atoms with Crippen molar-refractivity contribution >= 4 is 33.3 Å². The zero-order valence-corrected chi connectivity index (χ0v) is 13.0. The van der Waals surface area contributed by atoms with Crippen LogP contribution < -0.4 is 5.73 Å². The van der Waals surface area contributed by atoms with Crippen LogP contribution in [0, 0.1) is 5.82 Å². The van der Waals surface area contributed by atoms with Crippen molar-refractivity contribution in [2.24, 2.45) is 0 Å². The van der Waals surface area contributed by atoms with Gasteiger partial charge in [0, 0.05) is 15.1 Å². The standard InChI is InChI=1S/C15H10BrClFN3/c16-12-7-9(17)4-5-11(12)14-13(15(19)21-20-14)8-2-1-3-10(18)6-8/h1-7H,(H3,19,20,21). The molecule has 0 aliphatic heterocycles. The van der Waals surface area contributed by atoms with Crippen molar-refractivity contribution in [3.8, 4) is 22.4 Å². The second-order valence-corrected chi connectivity index (χ2v) is 5.78. The van der Waals surface area contributed by atoms with Gasteiger partial charge in [0.05, 0.1) is 11.3 Å². The molecule has 0 saturated heterocycles. The van der Waals surface area contributed by atoms with E-state index in [-0.39, 0.29) is 5.82 Å². The Morgan fingerprint density at radius 3 is 2.71 bits per heavy atom. The number of nitrogen functional groups attached to an aromatic ring is 1. The Morgan fingerprint density at radius 2 is 2.00 bits per heavy atom. The molecule has 3 aromatic rings. The van der Waals surface area contributed by atoms with Crippen LogP contribution in [0.1, 0.15) is 0 Å². The summed E-state index contributed by atoms with van der Waals surface area (Å²) in [5.41, 5.74) is 8.82. The molecule has 0 unspecified atom stereocenters. The van der Waals surface area contributed by atoms with Crippen LogP contribution in [0.5, 0.6) is 0 Å². The van der Waals surface area contributed by atoms with Crippen LogP contribution >= 0.6 is 27.5 Å². The SMILES string of the molecule is Nc1n[nH]c(-c2ccc(Cl)cc2Br)c1-c1cccc(F)c1. The molecule has 1 heterocycles. The van der Waals surface area contributed by atoms with Gasteiger partial charge in [0.15, 0.2) is 5.82 Å². The molecule has 6 heteroatoms. The van der Waals surface area contributed by atoms with E-state index in [1.54, 1.807) is 24.3 Å². The van der Waals surface area contributed by atoms with Crippen molar-refractivity contribution in [3.63, 3.8) is 0 Å². The fraction of sp³-hybridized carbons (Fsp3) is 0. The minimum Gasteiger partial charge on any atom is -0.382 e. The van der Waals surface area contributed by atoms with E-state index in [0.717, 1.165) is 10.0 Å². The number of nitrogens with zero attached hydrogens (tertiary/aromatic N) is 1. The van der Waals surface area contributed by atoms with E-state index >= 15 is 0 Å². The highest BCUT2D eigenvalue weighted by atomic mass is 79.9. The summed E-state index contributed by atoms with van der Waals surface area (Å²) in [6, 6.07) is 11.6. The number of halogens is 3. The number of benzene rings is 2. The van der Waals surface area contributed by atoms with Crippen LogP contribution in [-0.2, 0) is 0 Å². The molecule has 21 heavy (non-hydrogen) atoms. The van der Waals surface area contributed by atoms with Gasteiger partial charge in [-0.15, -0.1) is 0 Å². The van der Waals surface area contributed by atoms with Gasteiger partial charge < -0.3 is 5.73 Å². The fourth-order valence-corrected chi connectivity index (χ4v) is 3.06. The normalized spacial score (nSPS) is 10.8. The lowest BCUT2D eigenvalue weighted by atomic mass is 10.0. The number of aromatic amines is 1. The monoisotopic (exact) mass is 365 g/mol. The summed E-state index contributed by atoms with van der Waals surface area (Å²) in [7, 11) is 0. The third-order valence-corrected chi connectivity index (χ3v) is 4.00. The first-order valence-electron chi connectivity index (χ1n) is 6.11. The van der Waals surface area contributed by atoms with Crippen molar-refractivity contribution in [1.29, 1.82) is 0 Å². The Hall–Kier alpha value is -1.85. The van der Waals surface area contributed by atoms with Crippen LogP contribution in [0.25, 0.3) is 22.4 Å². The molecule has 0 radical (unpaired) electrons. The lowest BCUT2D eigenvalue weighted by Crippen LogP contribution is -1.90. The number of H-pyrrole nitrogens is 1. The first-order valence-corrected chi connectivity index (χ1v) is 7.28. The third-order valence-electron chi connectivity index (χ3n) is 3.11. The number of hydrogen-bond donors (Lipinski definition) is 2. The maximum Gasteiger partial charge on any atom is 0.153 e. The Bertz CT molecular complexity index is 816. The molecule has 1 aromatic heterocycles. The van der Waals surface area contributed by atoms with E-state index in [1.165, 1.54) is 12.1 Å². The number of hydrogen-bond acceptors (Lipinski definition) is 2. The summed E-state index contributed by atoms with van der Waals surface area (Å²) in [5.74, 6) is -0.00771. The predicted octanol–water partition coefficient (Wildman–Crippen LogP) is 4.88. The molecular weight excluding hydrogens is 357 g/mol. The molecule has 0 bridgehead atoms. The van der Waals surface area contributed by atoms with Gasteiger partial charge in [-0.3, -0.25) is 5.10 Å². The molecule has 106 valence electrons. The Morgan fingerprint density at radius 1 is 1.19 bits per heavy atom. The first kappa shape index (κ1) is 14.1. The molecule has 3 nitrogen and oxygen atoms in total. The highest BCUT2D eigenvalue weighted by molar-refractivity contribution is 9.10. The average molecular weight is 367 g/mol. The van der Waals surface area contributed by atoms with E-state index in [4.69, 9.17) is 17.3 Å². The smallest absolute Gasteiger partial charge is 0.153 e. The first-order chi connectivity index (χ1) is 10.1. The second kappa shape index (κ2) is 5.50. The molecular formula is C15H10BrClFN3. The van der Waals surface area contributed by atoms with Gasteiger partial charge in [-0.2, -0.15) is 5.10 Å². The van der Waals surface area contributed by atoms with Crippen molar-refractivity contribution < 1.29 is 4.39 Å². The third kappa shape index (κ3) is 2.66. The second-order valence-electron chi connectivity index (χ2n) is 4.49. The summed E-state index contributed by atoms with van der Waals surface area (Å²) in [5, 5.41) is 7.55. The largest absolute Gasteiger partial charge is 0.382 e. The molecule has 0 spiro atoms. The maximum atomic E-state index is 13.5. The number of nitrogens with one attached hydrogen (secondary N) is 1. The summed E-state index contributed by atoms with van der Waals surface area (Å²) in [4.78, 5) is 0. The van der Waals surface area contributed by atoms with Crippen LogP contribution in [0.3, 0.4) is 0 Å². The predicted molar refractivity (Wildman–Crippen MR) is 86.5 cm³/mol. The van der Waals surface area contributed by atoms with Gasteiger partial charge in [0.25, 0.3) is 0 Å². The van der Waals surface area contributed by atoms with Gasteiger partial charge in [-0.1, -0.05) is 45.7 Å². The molecule has 0 aliphatic carbocycles. The summed E-state index contributed by atoms with van der Waals surface area (Å²) < 4.78 is 14.3. The summed E-state index contributed by atoms with van der Waals surface area (Å²) in [6.45, 7) is 0. The van der Waals surface area contributed by atoms with E-state index in [9.17, 15) is 4.39 Å². The van der Waals surface area contributed by atoms with E-state index in [2.05, 4.69) is 26.1 Å². The zero-order valence-electron chi connectivity index (χ0n) is 10.7. The minimum absolute atomic E-state index is 0.317. The van der Waals surface area contributed by atoms with Crippen LogP contribution in [0.2, 0.25) is 5.02 Å². The van der Waals surface area contributed by atoms with E-state index < -0.39 is 0 Å². The van der Waals surface area contributed by atoms with Crippen molar-refractivity contribution in [3.05, 3.63) is 57.8 Å². The van der Waals surface area contributed by atoms with Crippen molar-refractivity contribution in [2.75, 3.05) is 5.73 Å². The van der Waals surface area contributed by atoms with Gasteiger partial charge in [0.1, 0.15) is 5.82 Å². The molecule has 3 N–H and O–H groups in total. The molecule has 0 atom stereocenters. The van der Waals surface area contributed by atoms with Crippen LogP contribution in [-0.4, -0.2) is 10.2 Å². The van der Waals surface area contributed by atoms with Gasteiger partial charge >= 0.3 is 0 Å². The highest BCUT2D eigenvalue weighted by Gasteiger charge is 2.17. The molecule has 3 rings (SSSR count). The maximum absolute atomic E-state index is 13.5. The lowest BCUT2D eigenvalue weighted by Gasteiger charge is -2.07. The van der Waals surface area contributed by atoms with Crippen molar-refractivity contribution in [2.45, 2.75) is 0 Å². The van der Waals surface area contributed by atoms with Crippen molar-refractivity contribution in [1.82, 2.24) is 10.2 Å². The minimum atomic E-state index is -0.325. The Labute approximate surface area is 134 Å². The van der Waals surface area contributed by atoms with E-state index in [1.807, 2.05) is 6.07 Å². The van der Waals surface area contributed by atoms with Gasteiger partial charge in [-0.05, 0) is 29.8 Å². The Kier molecular flexibility index (Phi) is 3.69. The quantitative estimate of drug-likeness (QED) is 0.679. The van der Waals surface area contributed by atoms with Crippen LogP contribution in [0.4, 0.5) is 10.2 Å².